The van der Waals surface area contributed by atoms with Gasteiger partial charge in [0.25, 0.3) is 0 Å². The Kier molecular flexibility index (Phi) is 10.0. The van der Waals surface area contributed by atoms with Gasteiger partial charge in [-0.2, -0.15) is 0 Å². The number of carbonyl (C=O) groups is 2. The Hall–Kier alpha value is -3.06. The maximum absolute atomic E-state index is 12.5. The molecule has 0 saturated carbocycles. The van der Waals surface area contributed by atoms with Crippen LogP contribution in [0, 0.1) is 0 Å². The Labute approximate surface area is 227 Å². The highest BCUT2D eigenvalue weighted by atomic mass is 16.6. The number of anilines is 1. The van der Waals surface area contributed by atoms with E-state index in [0.29, 0.717) is 38.0 Å². The molecule has 1 aliphatic heterocycles. The van der Waals surface area contributed by atoms with Crippen LogP contribution in [0.5, 0.6) is 0 Å². The smallest absolute Gasteiger partial charge is 0.409 e. The summed E-state index contributed by atoms with van der Waals surface area (Å²) in [6, 6.07) is 16.7. The zero-order chi connectivity index (χ0) is 26.9. The number of rotatable bonds is 11. The van der Waals surface area contributed by atoms with Crippen LogP contribution in [0.15, 0.2) is 48.5 Å². The van der Waals surface area contributed by atoms with E-state index < -0.39 is 0 Å². The van der Waals surface area contributed by atoms with Crippen molar-refractivity contribution in [2.75, 3.05) is 57.8 Å². The van der Waals surface area contributed by atoms with Gasteiger partial charge in [-0.1, -0.05) is 50.2 Å². The first-order chi connectivity index (χ1) is 18.4. The third-order valence-electron chi connectivity index (χ3n) is 7.85. The van der Waals surface area contributed by atoms with Crippen LogP contribution in [0.1, 0.15) is 68.1 Å². The molecule has 4 rings (SSSR count). The highest BCUT2D eigenvalue weighted by molar-refractivity contribution is 5.69. The second kappa shape index (κ2) is 13.7. The molecule has 0 N–H and O–H groups in total. The number of amides is 1. The van der Waals surface area contributed by atoms with Crippen molar-refractivity contribution in [2.45, 2.75) is 58.0 Å². The Morgan fingerprint density at radius 1 is 1.00 bits per heavy atom. The molecule has 7 nitrogen and oxygen atoms in total. The van der Waals surface area contributed by atoms with Gasteiger partial charge in [-0.15, -0.1) is 0 Å². The summed E-state index contributed by atoms with van der Waals surface area (Å²) in [6.07, 6.45) is 3.12. The number of fused-ring (bicyclic) bond motifs is 1. The van der Waals surface area contributed by atoms with Crippen molar-refractivity contribution in [1.29, 1.82) is 0 Å². The summed E-state index contributed by atoms with van der Waals surface area (Å²) in [6.45, 7) is 10.5. The third kappa shape index (κ3) is 7.50. The van der Waals surface area contributed by atoms with Crippen molar-refractivity contribution in [3.05, 3.63) is 65.2 Å². The van der Waals surface area contributed by atoms with Crippen molar-refractivity contribution in [2.24, 2.45) is 0 Å². The Morgan fingerprint density at radius 2 is 1.76 bits per heavy atom. The minimum absolute atomic E-state index is 0.0910. The van der Waals surface area contributed by atoms with Gasteiger partial charge in [0, 0.05) is 52.0 Å². The van der Waals surface area contributed by atoms with Gasteiger partial charge in [0.2, 0.25) is 0 Å². The molecular formula is C31H43N3O4. The number of piperazine rings is 1. The molecule has 0 spiro atoms. The summed E-state index contributed by atoms with van der Waals surface area (Å²) in [7, 11) is 1.82. The molecule has 2 aromatic carbocycles. The summed E-state index contributed by atoms with van der Waals surface area (Å²) in [5, 5.41) is 0. The second-order valence-corrected chi connectivity index (χ2v) is 10.7. The average molecular weight is 522 g/mol. The van der Waals surface area contributed by atoms with E-state index in [1.807, 2.05) is 44.3 Å². The van der Waals surface area contributed by atoms with E-state index in [-0.39, 0.29) is 12.1 Å². The fraction of sp³-hybridized carbons (Fsp3) is 0.548. The quantitative estimate of drug-likeness (QED) is 0.369. The first-order valence-electron chi connectivity index (χ1n) is 14.1. The van der Waals surface area contributed by atoms with E-state index >= 15 is 0 Å². The van der Waals surface area contributed by atoms with E-state index in [9.17, 15) is 9.59 Å². The Balaban J connectivity index is 1.24. The molecule has 1 aliphatic carbocycles. The number of nitrogens with zero attached hydrogens (tertiary/aromatic N) is 3. The van der Waals surface area contributed by atoms with E-state index in [4.69, 9.17) is 9.47 Å². The number of benzene rings is 2. The number of carbonyl (C=O) groups excluding carboxylic acids is 2. The van der Waals surface area contributed by atoms with E-state index in [1.165, 1.54) is 16.8 Å². The Morgan fingerprint density at radius 3 is 2.50 bits per heavy atom. The molecule has 0 unspecified atom stereocenters. The van der Waals surface area contributed by atoms with Gasteiger partial charge in [0.15, 0.2) is 0 Å². The molecule has 1 heterocycles. The van der Waals surface area contributed by atoms with Crippen LogP contribution in [0.4, 0.5) is 10.5 Å². The lowest BCUT2D eigenvalue weighted by atomic mass is 9.97. The molecule has 7 heteroatoms. The fourth-order valence-corrected chi connectivity index (χ4v) is 5.55. The van der Waals surface area contributed by atoms with E-state index in [2.05, 4.69) is 34.9 Å². The molecule has 1 amide bonds. The van der Waals surface area contributed by atoms with Crippen molar-refractivity contribution < 1.29 is 19.1 Å². The van der Waals surface area contributed by atoms with E-state index in [0.717, 1.165) is 57.5 Å². The summed E-state index contributed by atoms with van der Waals surface area (Å²) >= 11 is 0. The van der Waals surface area contributed by atoms with Crippen LogP contribution in [0.25, 0.3) is 0 Å². The number of ether oxygens (including phenoxy) is 2. The van der Waals surface area contributed by atoms with Crippen LogP contribution in [-0.2, 0) is 20.9 Å². The maximum atomic E-state index is 12.5. The molecule has 206 valence electrons. The lowest BCUT2D eigenvalue weighted by Crippen LogP contribution is -2.47. The molecule has 0 radical (unpaired) electrons. The number of hydrogen-bond acceptors (Lipinski definition) is 6. The highest BCUT2D eigenvalue weighted by Crippen LogP contribution is 2.44. The van der Waals surface area contributed by atoms with Crippen LogP contribution in [-0.4, -0.2) is 74.8 Å². The first-order valence-corrected chi connectivity index (χ1v) is 14.1. The fourth-order valence-electron chi connectivity index (χ4n) is 5.55. The molecule has 0 aromatic heterocycles. The standard InChI is InChI=1S/C31H43N3O4/c1-4-20-37-30(35)13-15-33-16-18-34(19-17-33)27-10-11-28-26(21-24(2)29(28)22-27)12-14-32(3)31(36)38-23-25-8-6-5-7-9-25/h5-11,22,24,26H,4,12-21,23H2,1-3H3/t24-,26-/m1/s1. The van der Waals surface area contributed by atoms with Gasteiger partial charge >= 0.3 is 12.1 Å². The summed E-state index contributed by atoms with van der Waals surface area (Å²) < 4.78 is 10.7. The maximum Gasteiger partial charge on any atom is 0.409 e. The van der Waals surface area contributed by atoms with Gasteiger partial charge < -0.3 is 19.3 Å². The molecule has 0 bridgehead atoms. The predicted octanol–water partition coefficient (Wildman–Crippen LogP) is 5.40. The van der Waals surface area contributed by atoms with Gasteiger partial charge in [0.05, 0.1) is 13.0 Å². The van der Waals surface area contributed by atoms with E-state index in [1.54, 1.807) is 4.90 Å². The lowest BCUT2D eigenvalue weighted by molar-refractivity contribution is -0.144. The largest absolute Gasteiger partial charge is 0.466 e. The SMILES string of the molecule is CCCOC(=O)CCN1CCN(c2ccc3c(c2)[C@H](C)C[C@H]3CCN(C)C(=O)OCc2ccccc2)CC1. The molecule has 38 heavy (non-hydrogen) atoms. The van der Waals surface area contributed by atoms with Crippen LogP contribution in [0.2, 0.25) is 0 Å². The van der Waals surface area contributed by atoms with Crippen molar-refractivity contribution >= 4 is 17.7 Å². The summed E-state index contributed by atoms with van der Waals surface area (Å²) in [4.78, 5) is 30.8. The van der Waals surface area contributed by atoms with Gasteiger partial charge in [-0.25, -0.2) is 4.79 Å². The number of hydrogen-bond donors (Lipinski definition) is 0. The topological polar surface area (TPSA) is 62.3 Å². The van der Waals surface area contributed by atoms with Gasteiger partial charge in [-0.3, -0.25) is 9.69 Å². The molecule has 1 saturated heterocycles. The Bertz CT molecular complexity index is 1050. The molecular weight excluding hydrogens is 478 g/mol. The normalized spacial score (nSPS) is 19.2. The number of esters is 1. The zero-order valence-corrected chi connectivity index (χ0v) is 23.2. The van der Waals surface area contributed by atoms with Crippen LogP contribution in [0.3, 0.4) is 0 Å². The van der Waals surface area contributed by atoms with Gasteiger partial charge in [-0.05, 0) is 59.9 Å². The highest BCUT2D eigenvalue weighted by Gasteiger charge is 2.30. The first kappa shape index (κ1) is 28.0. The monoisotopic (exact) mass is 521 g/mol. The van der Waals surface area contributed by atoms with Crippen molar-refractivity contribution in [3.8, 4) is 0 Å². The predicted molar refractivity (Wildman–Crippen MR) is 151 cm³/mol. The van der Waals surface area contributed by atoms with Crippen LogP contribution >= 0.6 is 0 Å². The van der Waals surface area contributed by atoms with Crippen molar-refractivity contribution in [3.63, 3.8) is 0 Å². The summed E-state index contributed by atoms with van der Waals surface area (Å²) in [5.41, 5.74) is 5.16. The zero-order valence-electron chi connectivity index (χ0n) is 23.2. The molecule has 2 aliphatic rings. The molecule has 2 atom stereocenters. The third-order valence-corrected chi connectivity index (χ3v) is 7.85. The van der Waals surface area contributed by atoms with Gasteiger partial charge in [0.1, 0.15) is 6.61 Å². The average Bonchev–Trinajstić information content (AvgIpc) is 3.27. The van der Waals surface area contributed by atoms with Crippen molar-refractivity contribution in [1.82, 2.24) is 9.80 Å². The lowest BCUT2D eigenvalue weighted by Gasteiger charge is -2.36. The molecule has 1 fully saturated rings. The minimum atomic E-state index is -0.271. The van der Waals surface area contributed by atoms with Crippen LogP contribution < -0.4 is 4.90 Å². The summed E-state index contributed by atoms with van der Waals surface area (Å²) in [5.74, 6) is 0.884. The molecule has 2 aromatic rings. The second-order valence-electron chi connectivity index (χ2n) is 10.7. The minimum Gasteiger partial charge on any atom is -0.466 e.